The molecule has 2 rings (SSSR count). The van der Waals surface area contributed by atoms with Gasteiger partial charge in [0.1, 0.15) is 5.75 Å². The van der Waals surface area contributed by atoms with Crippen molar-refractivity contribution in [1.29, 1.82) is 0 Å². The van der Waals surface area contributed by atoms with Gasteiger partial charge in [0.15, 0.2) is 0 Å². The highest BCUT2D eigenvalue weighted by atomic mass is 16.5. The fourth-order valence-corrected chi connectivity index (χ4v) is 3.92. The minimum Gasteiger partial charge on any atom is -0.493 e. The predicted octanol–water partition coefficient (Wildman–Crippen LogP) is 4.18. The largest absolute Gasteiger partial charge is 0.493 e. The number of para-hydroxylation sites is 1. The van der Waals surface area contributed by atoms with E-state index < -0.39 is 17.7 Å². The summed E-state index contributed by atoms with van der Waals surface area (Å²) < 4.78 is 5.71. The summed E-state index contributed by atoms with van der Waals surface area (Å²) in [6.45, 7) is 2.25. The Morgan fingerprint density at radius 3 is 2.69 bits per heavy atom. The first kappa shape index (κ1) is 25.6. The fourth-order valence-electron chi connectivity index (χ4n) is 3.92. The fraction of sp³-hybridized carbons (Fsp3) is 0.520. The number of aliphatic hydroxyl groups excluding tert-OH is 1. The topological polar surface area (TPSA) is 120 Å². The van der Waals surface area contributed by atoms with E-state index in [1.165, 1.54) is 0 Å². The van der Waals surface area contributed by atoms with Crippen molar-refractivity contribution < 1.29 is 30.1 Å². The summed E-state index contributed by atoms with van der Waals surface area (Å²) in [4.78, 5) is 10.6. The van der Waals surface area contributed by atoms with Crippen LogP contribution in [0.1, 0.15) is 51.9 Å². The summed E-state index contributed by atoms with van der Waals surface area (Å²) in [5, 5.41) is 43.0. The molecule has 0 aliphatic heterocycles. The highest BCUT2D eigenvalue weighted by Crippen LogP contribution is 2.35. The number of carboxylic acid groups (broad SMARTS) is 1. The number of oxime groups is 1. The van der Waals surface area contributed by atoms with Crippen LogP contribution in [0.15, 0.2) is 59.8 Å². The van der Waals surface area contributed by atoms with E-state index in [9.17, 15) is 20.2 Å². The molecule has 0 aromatic heterocycles. The lowest BCUT2D eigenvalue weighted by atomic mass is 9.87. The number of benzene rings is 1. The molecule has 0 spiro atoms. The van der Waals surface area contributed by atoms with E-state index >= 15 is 0 Å². The zero-order valence-electron chi connectivity index (χ0n) is 18.6. The number of aliphatic carboxylic acids is 1. The van der Waals surface area contributed by atoms with Gasteiger partial charge in [0.2, 0.25) is 0 Å². The molecule has 1 aromatic carbocycles. The second kappa shape index (κ2) is 13.0. The molecule has 0 saturated heterocycles. The van der Waals surface area contributed by atoms with Crippen LogP contribution in [0.5, 0.6) is 5.75 Å². The van der Waals surface area contributed by atoms with Crippen LogP contribution >= 0.6 is 0 Å². The van der Waals surface area contributed by atoms with E-state index in [0.717, 1.165) is 5.75 Å². The molecule has 176 valence electrons. The Balaban J connectivity index is 1.97. The predicted molar refractivity (Wildman–Crippen MR) is 123 cm³/mol. The second-order valence-electron chi connectivity index (χ2n) is 8.27. The molecule has 1 aliphatic carbocycles. The summed E-state index contributed by atoms with van der Waals surface area (Å²) in [6, 6.07) is 9.43. The van der Waals surface area contributed by atoms with Crippen LogP contribution in [0.4, 0.5) is 0 Å². The van der Waals surface area contributed by atoms with Gasteiger partial charge in [0.25, 0.3) is 0 Å². The Kier molecular flexibility index (Phi) is 10.4. The summed E-state index contributed by atoms with van der Waals surface area (Å²) in [7, 11) is 0. The van der Waals surface area contributed by atoms with Crippen molar-refractivity contribution in [2.45, 2.75) is 63.6 Å². The molecule has 7 nitrogen and oxygen atoms in total. The number of ether oxygens (including phenoxy) is 1. The van der Waals surface area contributed by atoms with Gasteiger partial charge in [-0.1, -0.05) is 54.6 Å². The van der Waals surface area contributed by atoms with Gasteiger partial charge < -0.3 is 25.3 Å². The van der Waals surface area contributed by atoms with Gasteiger partial charge in [-0.05, 0) is 37.8 Å². The van der Waals surface area contributed by atoms with E-state index in [2.05, 4.69) is 5.16 Å². The van der Waals surface area contributed by atoms with E-state index in [0.29, 0.717) is 44.4 Å². The number of aliphatic hydroxyl groups is 2. The van der Waals surface area contributed by atoms with Gasteiger partial charge in [0.05, 0.1) is 24.0 Å². The van der Waals surface area contributed by atoms with Crippen LogP contribution in [-0.4, -0.2) is 50.5 Å². The number of hydrogen-bond acceptors (Lipinski definition) is 6. The molecule has 32 heavy (non-hydrogen) atoms. The van der Waals surface area contributed by atoms with Gasteiger partial charge in [-0.15, -0.1) is 0 Å². The van der Waals surface area contributed by atoms with E-state index in [1.807, 2.05) is 55.5 Å². The molecule has 0 heterocycles. The number of hydrogen-bond donors (Lipinski definition) is 4. The SMILES string of the molecule is CCC(O)(/C=C/[C@H]1/C(=N\O)C[C@H](O)[C@@H]1C/C=C\CCCC(=O)O)CCOc1ccccc1. The van der Waals surface area contributed by atoms with Crippen LogP contribution in [0.3, 0.4) is 0 Å². The summed E-state index contributed by atoms with van der Waals surface area (Å²) >= 11 is 0. The highest BCUT2D eigenvalue weighted by molar-refractivity contribution is 5.90. The van der Waals surface area contributed by atoms with Crippen LogP contribution in [0.2, 0.25) is 0 Å². The Morgan fingerprint density at radius 1 is 1.28 bits per heavy atom. The first-order valence-corrected chi connectivity index (χ1v) is 11.2. The zero-order valence-corrected chi connectivity index (χ0v) is 18.6. The second-order valence-corrected chi connectivity index (χ2v) is 8.27. The molecule has 0 radical (unpaired) electrons. The van der Waals surface area contributed by atoms with Crippen molar-refractivity contribution in [2.24, 2.45) is 17.0 Å². The van der Waals surface area contributed by atoms with Gasteiger partial charge in [-0.3, -0.25) is 4.79 Å². The Labute approximate surface area is 189 Å². The molecular formula is C25H35NO6. The molecule has 4 atom stereocenters. The highest BCUT2D eigenvalue weighted by Gasteiger charge is 2.38. The van der Waals surface area contributed by atoms with Crippen molar-refractivity contribution in [2.75, 3.05) is 6.61 Å². The third-order valence-corrected chi connectivity index (χ3v) is 6.00. The molecule has 1 aromatic rings. The molecule has 0 amide bonds. The van der Waals surface area contributed by atoms with Crippen LogP contribution in [0, 0.1) is 11.8 Å². The average molecular weight is 446 g/mol. The van der Waals surface area contributed by atoms with Crippen molar-refractivity contribution in [3.8, 4) is 5.75 Å². The van der Waals surface area contributed by atoms with Crippen LogP contribution in [0.25, 0.3) is 0 Å². The van der Waals surface area contributed by atoms with Crippen LogP contribution < -0.4 is 4.74 Å². The minimum absolute atomic E-state index is 0.132. The molecule has 4 N–H and O–H groups in total. The van der Waals surface area contributed by atoms with Crippen molar-refractivity contribution >= 4 is 11.7 Å². The summed E-state index contributed by atoms with van der Waals surface area (Å²) in [5.41, 5.74) is -0.572. The third kappa shape index (κ3) is 8.13. The number of nitrogens with zero attached hydrogens (tertiary/aromatic N) is 1. The maximum Gasteiger partial charge on any atom is 0.303 e. The van der Waals surface area contributed by atoms with Gasteiger partial charge in [-0.2, -0.15) is 0 Å². The maximum absolute atomic E-state index is 11.0. The number of allylic oxidation sites excluding steroid dienone is 3. The minimum atomic E-state index is -1.07. The smallest absolute Gasteiger partial charge is 0.303 e. The summed E-state index contributed by atoms with van der Waals surface area (Å²) in [5.74, 6) is -0.517. The normalized spacial score (nSPS) is 24.3. The molecule has 1 unspecified atom stereocenters. The number of rotatable bonds is 13. The van der Waals surface area contributed by atoms with E-state index in [-0.39, 0.29) is 24.7 Å². The van der Waals surface area contributed by atoms with Crippen LogP contribution in [-0.2, 0) is 4.79 Å². The lowest BCUT2D eigenvalue weighted by Crippen LogP contribution is -2.28. The number of carbonyl (C=O) groups is 1. The van der Waals surface area contributed by atoms with E-state index in [4.69, 9.17) is 9.84 Å². The lowest BCUT2D eigenvalue weighted by Gasteiger charge is -2.25. The lowest BCUT2D eigenvalue weighted by molar-refractivity contribution is -0.137. The van der Waals surface area contributed by atoms with Crippen molar-refractivity contribution in [3.05, 3.63) is 54.6 Å². The quantitative estimate of drug-likeness (QED) is 0.156. The first-order chi connectivity index (χ1) is 15.4. The zero-order chi connectivity index (χ0) is 23.4. The Hall–Kier alpha value is -2.64. The third-order valence-electron chi connectivity index (χ3n) is 6.00. The molecule has 0 bridgehead atoms. The monoisotopic (exact) mass is 445 g/mol. The van der Waals surface area contributed by atoms with Gasteiger partial charge in [-0.25, -0.2) is 0 Å². The average Bonchev–Trinajstić information content (AvgIpc) is 3.09. The standard InChI is InChI=1S/C25H35NO6/c1-2-25(30,16-17-32-19-10-6-5-7-11-19)15-14-20-21(23(27)18-22(20)26-31)12-8-3-4-9-13-24(28)29/h3,5-8,10-11,14-15,20-21,23,27,30-31H,2,4,9,12-13,16-18H2,1H3,(H,28,29)/b8-3-,15-14+,26-22-/t20-,21-,23+,25?/m1/s1. The van der Waals surface area contributed by atoms with E-state index in [1.54, 1.807) is 6.08 Å². The van der Waals surface area contributed by atoms with Gasteiger partial charge >= 0.3 is 5.97 Å². The summed E-state index contributed by atoms with van der Waals surface area (Å²) in [6.07, 6.45) is 9.91. The van der Waals surface area contributed by atoms with Crippen molar-refractivity contribution in [3.63, 3.8) is 0 Å². The Bertz CT molecular complexity index is 791. The maximum atomic E-state index is 11.0. The van der Waals surface area contributed by atoms with Gasteiger partial charge in [0, 0.05) is 31.1 Å². The number of carboxylic acids is 1. The molecule has 1 aliphatic rings. The molecule has 7 heteroatoms. The molecule has 1 saturated carbocycles. The van der Waals surface area contributed by atoms with Crippen molar-refractivity contribution in [1.82, 2.24) is 0 Å². The number of unbranched alkanes of at least 4 members (excludes halogenated alkanes) is 1. The molecule has 1 fully saturated rings. The first-order valence-electron chi connectivity index (χ1n) is 11.2. The Morgan fingerprint density at radius 2 is 2.03 bits per heavy atom. The molecular weight excluding hydrogens is 410 g/mol.